The topological polar surface area (TPSA) is 68.3 Å². The van der Waals surface area contributed by atoms with Crippen LogP contribution in [0.4, 0.5) is 0 Å². The average molecular weight is 171 g/mol. The Morgan fingerprint density at radius 1 is 1.73 bits per heavy atom. The van der Waals surface area contributed by atoms with Crippen molar-refractivity contribution in [2.45, 2.75) is 4.90 Å². The van der Waals surface area contributed by atoms with Crippen LogP contribution in [0.1, 0.15) is 0 Å². The van der Waals surface area contributed by atoms with E-state index < -0.39 is 9.73 Å². The molecule has 0 saturated carbocycles. The SMILES string of the molecule is CS(=O)(=NN)c1cccnc1. The summed E-state index contributed by atoms with van der Waals surface area (Å²) < 4.78 is 14.7. The van der Waals surface area contributed by atoms with Gasteiger partial charge in [-0.1, -0.05) is 0 Å². The molecule has 1 heterocycles. The van der Waals surface area contributed by atoms with E-state index in [1.807, 2.05) is 0 Å². The van der Waals surface area contributed by atoms with Crippen LogP contribution in [0.15, 0.2) is 33.9 Å². The molecule has 0 radical (unpaired) electrons. The van der Waals surface area contributed by atoms with E-state index in [9.17, 15) is 4.21 Å². The fourth-order valence-electron chi connectivity index (χ4n) is 0.632. The molecule has 0 aliphatic carbocycles. The summed E-state index contributed by atoms with van der Waals surface area (Å²) in [4.78, 5) is 4.36. The van der Waals surface area contributed by atoms with Crippen LogP contribution >= 0.6 is 0 Å². The normalized spacial score (nSPS) is 15.5. The van der Waals surface area contributed by atoms with Gasteiger partial charge in [-0.15, -0.1) is 4.47 Å². The quantitative estimate of drug-likeness (QED) is 0.491. The summed E-state index contributed by atoms with van der Waals surface area (Å²) in [6.07, 6.45) is 4.58. The van der Waals surface area contributed by atoms with Crippen molar-refractivity contribution < 1.29 is 4.21 Å². The zero-order valence-corrected chi connectivity index (χ0v) is 6.91. The van der Waals surface area contributed by atoms with Gasteiger partial charge in [0.25, 0.3) is 0 Å². The second-order valence-electron chi connectivity index (χ2n) is 2.10. The average Bonchev–Trinajstić information content (AvgIpc) is 2.06. The van der Waals surface area contributed by atoms with Crippen LogP contribution in [0.2, 0.25) is 0 Å². The molecular formula is C6H9N3OS. The van der Waals surface area contributed by atoms with E-state index in [0.29, 0.717) is 4.90 Å². The summed E-state index contributed by atoms with van der Waals surface area (Å²) in [6.45, 7) is 0. The van der Waals surface area contributed by atoms with Crippen LogP contribution in [-0.2, 0) is 9.73 Å². The number of nitrogens with two attached hydrogens (primary N) is 1. The first-order chi connectivity index (χ1) is 5.17. The number of pyridine rings is 1. The standard InChI is InChI=1S/C6H9N3OS/c1-11(10,9-7)6-3-2-4-8-5-6/h2-5H,7H2,1H3. The number of aromatic nitrogens is 1. The fraction of sp³-hybridized carbons (Fsp3) is 0.167. The molecule has 1 rings (SSSR count). The second kappa shape index (κ2) is 2.98. The molecule has 0 fully saturated rings. The molecule has 60 valence electrons. The zero-order chi connectivity index (χ0) is 8.32. The molecule has 0 amide bonds. The highest BCUT2D eigenvalue weighted by atomic mass is 32.2. The summed E-state index contributed by atoms with van der Waals surface area (Å²) >= 11 is 0. The molecule has 1 aromatic heterocycles. The van der Waals surface area contributed by atoms with E-state index in [1.165, 1.54) is 12.5 Å². The molecule has 0 spiro atoms. The van der Waals surface area contributed by atoms with Gasteiger partial charge in [-0.2, -0.15) is 0 Å². The van der Waals surface area contributed by atoms with Crippen molar-refractivity contribution in [3.05, 3.63) is 24.5 Å². The summed E-state index contributed by atoms with van der Waals surface area (Å²) in [5.74, 6) is 4.96. The van der Waals surface area contributed by atoms with Crippen molar-refractivity contribution >= 4 is 9.73 Å². The molecule has 0 aliphatic heterocycles. The molecule has 1 aromatic rings. The molecular weight excluding hydrogens is 162 g/mol. The molecule has 0 saturated heterocycles. The first kappa shape index (κ1) is 8.16. The Balaban J connectivity index is 3.25. The van der Waals surface area contributed by atoms with E-state index in [2.05, 4.69) is 9.46 Å². The van der Waals surface area contributed by atoms with Crippen molar-refractivity contribution in [3.8, 4) is 0 Å². The Kier molecular flexibility index (Phi) is 2.21. The van der Waals surface area contributed by atoms with Crippen LogP contribution in [0.3, 0.4) is 0 Å². The predicted molar refractivity (Wildman–Crippen MR) is 43.2 cm³/mol. The van der Waals surface area contributed by atoms with Gasteiger partial charge in [-0.25, -0.2) is 10.1 Å². The summed E-state index contributed by atoms with van der Waals surface area (Å²) in [5, 5.41) is 0. The third kappa shape index (κ3) is 1.75. The van der Waals surface area contributed by atoms with Gasteiger partial charge in [0.15, 0.2) is 0 Å². The maximum absolute atomic E-state index is 11.4. The third-order valence-corrected chi connectivity index (χ3v) is 2.79. The lowest BCUT2D eigenvalue weighted by Gasteiger charge is -1.99. The van der Waals surface area contributed by atoms with Gasteiger partial charge < -0.3 is 0 Å². The number of nitrogens with zero attached hydrogens (tertiary/aromatic N) is 2. The monoisotopic (exact) mass is 171 g/mol. The van der Waals surface area contributed by atoms with Crippen molar-refractivity contribution in [1.82, 2.24) is 4.98 Å². The maximum atomic E-state index is 11.4. The minimum Gasteiger partial charge on any atom is -0.263 e. The highest BCUT2D eigenvalue weighted by Crippen LogP contribution is 2.06. The Labute approximate surface area is 65.6 Å². The van der Waals surface area contributed by atoms with E-state index in [1.54, 1.807) is 18.3 Å². The maximum Gasteiger partial charge on any atom is 0.0899 e. The number of hydrogen-bond donors (Lipinski definition) is 1. The van der Waals surface area contributed by atoms with Crippen LogP contribution in [0, 0.1) is 0 Å². The highest BCUT2D eigenvalue weighted by molar-refractivity contribution is 7.92. The first-order valence-electron chi connectivity index (χ1n) is 2.98. The van der Waals surface area contributed by atoms with Crippen LogP contribution in [0.5, 0.6) is 0 Å². The van der Waals surface area contributed by atoms with Gasteiger partial charge in [0.1, 0.15) is 0 Å². The van der Waals surface area contributed by atoms with E-state index >= 15 is 0 Å². The van der Waals surface area contributed by atoms with E-state index in [-0.39, 0.29) is 0 Å². The lowest BCUT2D eigenvalue weighted by atomic mass is 10.5. The zero-order valence-electron chi connectivity index (χ0n) is 6.10. The van der Waals surface area contributed by atoms with E-state index in [0.717, 1.165) is 0 Å². The molecule has 0 bridgehead atoms. The Morgan fingerprint density at radius 2 is 2.45 bits per heavy atom. The molecule has 2 N–H and O–H groups in total. The first-order valence-corrected chi connectivity index (χ1v) is 4.90. The summed E-state index contributed by atoms with van der Waals surface area (Å²) in [6, 6.07) is 3.38. The predicted octanol–water partition coefficient (Wildman–Crippen LogP) is 0.412. The van der Waals surface area contributed by atoms with Gasteiger partial charge in [0.05, 0.1) is 14.6 Å². The molecule has 0 aromatic carbocycles. The Hall–Kier alpha value is -0.940. The minimum atomic E-state index is -2.41. The molecule has 5 heteroatoms. The molecule has 1 atom stereocenters. The van der Waals surface area contributed by atoms with Gasteiger partial charge in [-0.3, -0.25) is 4.98 Å². The molecule has 11 heavy (non-hydrogen) atoms. The second-order valence-corrected chi connectivity index (χ2v) is 4.38. The van der Waals surface area contributed by atoms with Crippen LogP contribution in [0.25, 0.3) is 0 Å². The lowest BCUT2D eigenvalue weighted by molar-refractivity contribution is 0.679. The smallest absolute Gasteiger partial charge is 0.0899 e. The fourth-order valence-corrected chi connectivity index (χ4v) is 1.34. The van der Waals surface area contributed by atoms with Gasteiger partial charge in [-0.05, 0) is 12.1 Å². The van der Waals surface area contributed by atoms with Crippen LogP contribution in [-0.4, -0.2) is 15.4 Å². The molecule has 0 aliphatic rings. The third-order valence-electron chi connectivity index (χ3n) is 1.27. The van der Waals surface area contributed by atoms with Crippen molar-refractivity contribution in [3.63, 3.8) is 0 Å². The van der Waals surface area contributed by atoms with E-state index in [4.69, 9.17) is 5.84 Å². The minimum absolute atomic E-state index is 0.558. The summed E-state index contributed by atoms with van der Waals surface area (Å²) in [5.41, 5.74) is 0. The van der Waals surface area contributed by atoms with Crippen molar-refractivity contribution in [1.29, 1.82) is 0 Å². The van der Waals surface area contributed by atoms with Crippen molar-refractivity contribution in [2.75, 3.05) is 6.26 Å². The Morgan fingerprint density at radius 3 is 2.91 bits per heavy atom. The summed E-state index contributed by atoms with van der Waals surface area (Å²) in [7, 11) is -2.41. The lowest BCUT2D eigenvalue weighted by Crippen LogP contribution is -2.00. The van der Waals surface area contributed by atoms with Crippen molar-refractivity contribution in [2.24, 2.45) is 10.3 Å². The molecule has 1 unspecified atom stereocenters. The van der Waals surface area contributed by atoms with Crippen LogP contribution < -0.4 is 5.84 Å². The largest absolute Gasteiger partial charge is 0.263 e. The molecule has 4 nitrogen and oxygen atoms in total. The number of hydrogen-bond acceptors (Lipinski definition) is 3. The Bertz CT molecular complexity index is 340. The number of rotatable bonds is 1. The van der Waals surface area contributed by atoms with Gasteiger partial charge >= 0.3 is 0 Å². The van der Waals surface area contributed by atoms with Gasteiger partial charge in [0.2, 0.25) is 0 Å². The van der Waals surface area contributed by atoms with Gasteiger partial charge in [0, 0.05) is 18.6 Å². The highest BCUT2D eigenvalue weighted by Gasteiger charge is 2.02.